The largest absolute Gasteiger partial charge is 0.508 e. The van der Waals surface area contributed by atoms with Gasteiger partial charge in [0, 0.05) is 14.0 Å². The molecule has 0 rings (SSSR count). The first-order valence-corrected chi connectivity index (χ1v) is 10.3. The van der Waals surface area contributed by atoms with Crippen LogP contribution in [0.3, 0.4) is 0 Å². The van der Waals surface area contributed by atoms with Gasteiger partial charge in [-0.3, -0.25) is 4.79 Å². The molecule has 0 fully saturated rings. The Bertz CT molecular complexity index is 492. The van der Waals surface area contributed by atoms with Crippen LogP contribution < -0.4 is 0 Å². The summed E-state index contributed by atoms with van der Waals surface area (Å²) < 4.78 is 30.6. The van der Waals surface area contributed by atoms with Crippen molar-refractivity contribution in [3.8, 4) is 0 Å². The number of carbonyl (C=O) groups excluding carboxylic acids is 3. The predicted octanol–water partition coefficient (Wildman–Crippen LogP) is 4.93. The van der Waals surface area contributed by atoms with E-state index < -0.39 is 35.9 Å². The van der Waals surface area contributed by atoms with E-state index in [9.17, 15) is 14.4 Å². The minimum atomic E-state index is -1.22. The molecule has 0 aromatic heterocycles. The maximum absolute atomic E-state index is 12.2. The number of hydrogen-bond acceptors (Lipinski definition) is 9. The fourth-order valence-electron chi connectivity index (χ4n) is 1.76. The lowest BCUT2D eigenvalue weighted by Gasteiger charge is -2.28. The van der Waals surface area contributed by atoms with Gasteiger partial charge < -0.3 is 28.4 Å². The van der Waals surface area contributed by atoms with Crippen LogP contribution in [-0.4, -0.2) is 68.9 Å². The Morgan fingerprint density at radius 3 is 1.78 bits per heavy atom. The third-order valence-electron chi connectivity index (χ3n) is 3.47. The number of esters is 2. The first kappa shape index (κ1) is 37.4. The van der Waals surface area contributed by atoms with Gasteiger partial charge in [-0.15, -0.1) is 0 Å². The maximum atomic E-state index is 12.2. The van der Waals surface area contributed by atoms with Crippen molar-refractivity contribution in [2.24, 2.45) is 0 Å². The molecular weight excluding hydrogens is 420 g/mol. The summed E-state index contributed by atoms with van der Waals surface area (Å²) in [6, 6.07) is 0. The molecule has 0 saturated carbocycles. The Labute approximate surface area is 195 Å². The van der Waals surface area contributed by atoms with Crippen LogP contribution >= 0.6 is 0 Å². The van der Waals surface area contributed by atoms with E-state index in [0.717, 1.165) is 0 Å². The molecule has 3 unspecified atom stereocenters. The Balaban J connectivity index is -0.000000738. The molecule has 0 radical (unpaired) electrons. The lowest BCUT2D eigenvalue weighted by atomic mass is 10.1. The number of hydrogen-bond donors (Lipinski definition) is 0. The fourth-order valence-corrected chi connectivity index (χ4v) is 1.76. The highest BCUT2D eigenvalue weighted by molar-refractivity contribution is 5.78. The van der Waals surface area contributed by atoms with Crippen molar-refractivity contribution < 1.29 is 42.8 Å². The Kier molecular flexibility index (Phi) is 24.6. The van der Waals surface area contributed by atoms with Crippen molar-refractivity contribution in [3.05, 3.63) is 0 Å². The highest BCUT2D eigenvalue weighted by atomic mass is 16.7. The van der Waals surface area contributed by atoms with E-state index in [1.165, 1.54) is 20.5 Å². The van der Waals surface area contributed by atoms with Crippen LogP contribution in [0.15, 0.2) is 0 Å². The van der Waals surface area contributed by atoms with Gasteiger partial charge in [0.2, 0.25) is 0 Å². The van der Waals surface area contributed by atoms with Gasteiger partial charge >= 0.3 is 18.1 Å². The van der Waals surface area contributed by atoms with Gasteiger partial charge in [-0.05, 0) is 34.1 Å². The van der Waals surface area contributed by atoms with Crippen molar-refractivity contribution in [2.45, 2.75) is 107 Å². The summed E-state index contributed by atoms with van der Waals surface area (Å²) in [5, 5.41) is 0. The highest BCUT2D eigenvalue weighted by Gasteiger charge is 2.34. The minimum Gasteiger partial charge on any atom is -0.462 e. The lowest BCUT2D eigenvalue weighted by Crippen LogP contribution is -2.42. The standard InChI is InChI=1S/C18H32O9.C3H8.2CH4/c1-8-15(11-25-17(21)26-13(3)10-23-14(4)19)27-18(5,6)16(20)24-9-12(2)22-7;1-3-2;;/h12-13,15H,8-11H2,1-7H3;3H2,1-2H3;2*1H4. The molecule has 0 aliphatic heterocycles. The molecule has 0 amide bonds. The van der Waals surface area contributed by atoms with Gasteiger partial charge in [0.05, 0.1) is 12.2 Å². The smallest absolute Gasteiger partial charge is 0.462 e. The summed E-state index contributed by atoms with van der Waals surface area (Å²) in [5.41, 5.74) is -1.22. The highest BCUT2D eigenvalue weighted by Crippen LogP contribution is 2.17. The van der Waals surface area contributed by atoms with E-state index in [1.807, 2.05) is 6.92 Å². The number of rotatable bonds is 12. The molecule has 32 heavy (non-hydrogen) atoms. The molecule has 0 spiro atoms. The van der Waals surface area contributed by atoms with E-state index >= 15 is 0 Å². The van der Waals surface area contributed by atoms with E-state index in [1.54, 1.807) is 27.7 Å². The van der Waals surface area contributed by atoms with Crippen molar-refractivity contribution in [3.63, 3.8) is 0 Å². The summed E-state index contributed by atoms with van der Waals surface area (Å²) in [7, 11) is 1.52. The van der Waals surface area contributed by atoms with Crippen molar-refractivity contribution in [1.29, 1.82) is 0 Å². The summed E-state index contributed by atoms with van der Waals surface area (Å²) in [6.45, 7) is 13.8. The summed E-state index contributed by atoms with van der Waals surface area (Å²) >= 11 is 0. The normalized spacial score (nSPS) is 12.9. The SMILES string of the molecule is C.C.CCC.CCC(COC(=O)OC(C)COC(C)=O)OC(C)(C)C(=O)OCC(C)OC. The number of ether oxygens (including phenoxy) is 6. The molecule has 0 aromatic rings. The summed E-state index contributed by atoms with van der Waals surface area (Å²) in [4.78, 5) is 34.6. The van der Waals surface area contributed by atoms with Crippen LogP contribution in [0.25, 0.3) is 0 Å². The molecule has 194 valence electrons. The maximum Gasteiger partial charge on any atom is 0.508 e. The first-order valence-electron chi connectivity index (χ1n) is 10.3. The van der Waals surface area contributed by atoms with Gasteiger partial charge in [0.25, 0.3) is 0 Å². The van der Waals surface area contributed by atoms with Crippen molar-refractivity contribution in [1.82, 2.24) is 0 Å². The average molecular weight is 469 g/mol. The molecule has 0 aliphatic carbocycles. The van der Waals surface area contributed by atoms with Crippen LogP contribution in [-0.2, 0) is 38.0 Å². The van der Waals surface area contributed by atoms with Crippen molar-refractivity contribution >= 4 is 18.1 Å². The second kappa shape index (κ2) is 21.0. The molecular formula is C23H48O9. The van der Waals surface area contributed by atoms with E-state index in [2.05, 4.69) is 13.8 Å². The average Bonchev–Trinajstić information content (AvgIpc) is 2.67. The lowest BCUT2D eigenvalue weighted by molar-refractivity contribution is -0.180. The van der Waals surface area contributed by atoms with Crippen LogP contribution in [0, 0.1) is 0 Å². The number of carbonyl (C=O) groups is 3. The summed E-state index contributed by atoms with van der Waals surface area (Å²) in [5.74, 6) is -1.00. The molecule has 0 heterocycles. The van der Waals surface area contributed by atoms with Gasteiger partial charge in [-0.25, -0.2) is 9.59 Å². The minimum absolute atomic E-state index is 0. The van der Waals surface area contributed by atoms with Crippen LogP contribution in [0.2, 0.25) is 0 Å². The first-order chi connectivity index (χ1) is 13.9. The van der Waals surface area contributed by atoms with Crippen LogP contribution in [0.5, 0.6) is 0 Å². The third-order valence-corrected chi connectivity index (χ3v) is 3.47. The van der Waals surface area contributed by atoms with E-state index in [-0.39, 0.29) is 40.8 Å². The van der Waals surface area contributed by atoms with Crippen molar-refractivity contribution in [2.75, 3.05) is 26.9 Å². The zero-order chi connectivity index (χ0) is 23.7. The molecule has 0 saturated heterocycles. The Morgan fingerprint density at radius 1 is 0.844 bits per heavy atom. The molecule has 0 aliphatic rings. The second-order valence-electron chi connectivity index (χ2n) is 7.30. The molecule has 0 aromatic carbocycles. The van der Waals surface area contributed by atoms with Gasteiger partial charge in [-0.2, -0.15) is 0 Å². The van der Waals surface area contributed by atoms with Gasteiger partial charge in [-0.1, -0.05) is 42.0 Å². The quantitative estimate of drug-likeness (QED) is 0.291. The molecule has 9 heteroatoms. The number of methoxy groups -OCH3 is 1. The van der Waals surface area contributed by atoms with Gasteiger partial charge in [0.15, 0.2) is 5.60 Å². The van der Waals surface area contributed by atoms with Crippen LogP contribution in [0.4, 0.5) is 4.79 Å². The Hall–Kier alpha value is -1.87. The van der Waals surface area contributed by atoms with E-state index in [4.69, 9.17) is 28.4 Å². The molecule has 3 atom stereocenters. The monoisotopic (exact) mass is 468 g/mol. The zero-order valence-electron chi connectivity index (χ0n) is 19.9. The molecule has 9 nitrogen and oxygen atoms in total. The topological polar surface area (TPSA) is 107 Å². The summed E-state index contributed by atoms with van der Waals surface area (Å²) in [6.07, 6.45) is -0.549. The predicted molar refractivity (Wildman–Crippen MR) is 125 cm³/mol. The fraction of sp³-hybridized carbons (Fsp3) is 0.870. The second-order valence-corrected chi connectivity index (χ2v) is 7.30. The zero-order valence-corrected chi connectivity index (χ0v) is 19.9. The third kappa shape index (κ3) is 20.1. The van der Waals surface area contributed by atoms with E-state index in [0.29, 0.717) is 6.42 Å². The van der Waals surface area contributed by atoms with Crippen LogP contribution in [0.1, 0.15) is 83.1 Å². The van der Waals surface area contributed by atoms with Gasteiger partial charge in [0.1, 0.15) is 25.9 Å². The Morgan fingerprint density at radius 2 is 1.34 bits per heavy atom. The molecule has 0 N–H and O–H groups in total. The molecule has 0 bridgehead atoms.